The zero-order valence-corrected chi connectivity index (χ0v) is 11.0. The monoisotopic (exact) mass is 263 g/mol. The Kier molecular flexibility index (Phi) is 3.31. The van der Waals surface area contributed by atoms with E-state index in [1.54, 1.807) is 26.7 Å². The lowest BCUT2D eigenvalue weighted by Gasteiger charge is -2.24. The number of rotatable bonds is 4. The summed E-state index contributed by atoms with van der Waals surface area (Å²) < 4.78 is 10.8. The van der Waals surface area contributed by atoms with Crippen LogP contribution in [0.4, 0.5) is 5.82 Å². The quantitative estimate of drug-likeness (QED) is 0.870. The van der Waals surface area contributed by atoms with E-state index < -0.39 is 0 Å². The average molecular weight is 263 g/mol. The minimum absolute atomic E-state index is 0.206. The van der Waals surface area contributed by atoms with E-state index in [0.29, 0.717) is 6.61 Å². The predicted molar refractivity (Wildman–Crippen MR) is 70.1 cm³/mol. The maximum atomic E-state index is 5.47. The number of anilines is 1. The molecule has 19 heavy (non-hydrogen) atoms. The maximum Gasteiger partial charge on any atom is 0.160 e. The molecule has 0 bridgehead atoms. The highest BCUT2D eigenvalue weighted by Gasteiger charge is 2.34. The topological polar surface area (TPSA) is 76.2 Å². The first-order chi connectivity index (χ1) is 9.33. The molecule has 0 unspecified atom stereocenters. The molecule has 0 amide bonds. The first-order valence-electron chi connectivity index (χ1n) is 6.26. The zero-order valence-electron chi connectivity index (χ0n) is 11.0. The number of aromatic nitrogens is 4. The molecule has 0 spiro atoms. The highest BCUT2D eigenvalue weighted by Crippen LogP contribution is 2.29. The van der Waals surface area contributed by atoms with Crippen molar-refractivity contribution in [2.45, 2.75) is 18.6 Å². The van der Waals surface area contributed by atoms with Crippen LogP contribution in [0.25, 0.3) is 11.0 Å². The Balaban J connectivity index is 1.97. The summed E-state index contributed by atoms with van der Waals surface area (Å²) >= 11 is 0. The summed E-state index contributed by atoms with van der Waals surface area (Å²) in [7, 11) is 3.46. The van der Waals surface area contributed by atoms with Crippen molar-refractivity contribution in [3.05, 3.63) is 12.5 Å². The number of ether oxygens (including phenoxy) is 2. The van der Waals surface area contributed by atoms with Crippen molar-refractivity contribution in [1.29, 1.82) is 0 Å². The molecule has 0 saturated carbocycles. The van der Waals surface area contributed by atoms with Gasteiger partial charge < -0.3 is 14.4 Å². The second-order valence-corrected chi connectivity index (χ2v) is 4.68. The third-order valence-electron chi connectivity index (χ3n) is 3.57. The van der Waals surface area contributed by atoms with Gasteiger partial charge >= 0.3 is 0 Å². The highest BCUT2D eigenvalue weighted by atomic mass is 16.5. The van der Waals surface area contributed by atoms with E-state index in [1.807, 2.05) is 0 Å². The molecule has 1 aliphatic heterocycles. The van der Waals surface area contributed by atoms with E-state index in [4.69, 9.17) is 9.47 Å². The molecule has 1 saturated heterocycles. The molecule has 7 nitrogen and oxygen atoms in total. The molecule has 102 valence electrons. The molecule has 3 rings (SSSR count). The van der Waals surface area contributed by atoms with Gasteiger partial charge in [0.25, 0.3) is 0 Å². The number of methoxy groups -OCH3 is 2. The molecular weight excluding hydrogens is 246 g/mol. The Morgan fingerprint density at radius 2 is 2.32 bits per heavy atom. The van der Waals surface area contributed by atoms with Gasteiger partial charge in [-0.1, -0.05) is 0 Å². The first-order valence-corrected chi connectivity index (χ1v) is 6.26. The van der Waals surface area contributed by atoms with Crippen molar-refractivity contribution in [1.82, 2.24) is 20.2 Å². The van der Waals surface area contributed by atoms with Crippen LogP contribution >= 0.6 is 0 Å². The number of nitrogens with one attached hydrogen (secondary N) is 1. The van der Waals surface area contributed by atoms with Gasteiger partial charge in [0.2, 0.25) is 0 Å². The summed E-state index contributed by atoms with van der Waals surface area (Å²) in [6, 6.07) is 0.267. The lowest BCUT2D eigenvalue weighted by atomic mass is 10.2. The second kappa shape index (κ2) is 5.10. The van der Waals surface area contributed by atoms with Crippen LogP contribution in [0.5, 0.6) is 0 Å². The maximum absolute atomic E-state index is 5.47. The zero-order chi connectivity index (χ0) is 13.2. The summed E-state index contributed by atoms with van der Waals surface area (Å²) in [5.41, 5.74) is 0.752. The van der Waals surface area contributed by atoms with Crippen molar-refractivity contribution in [3.8, 4) is 0 Å². The lowest BCUT2D eigenvalue weighted by molar-refractivity contribution is 0.111. The van der Waals surface area contributed by atoms with Crippen LogP contribution in [0, 0.1) is 0 Å². The van der Waals surface area contributed by atoms with Gasteiger partial charge in [-0.2, -0.15) is 5.10 Å². The molecule has 2 atom stereocenters. The van der Waals surface area contributed by atoms with Gasteiger partial charge in [-0.25, -0.2) is 9.97 Å². The van der Waals surface area contributed by atoms with Crippen LogP contribution < -0.4 is 4.90 Å². The van der Waals surface area contributed by atoms with Crippen LogP contribution in [0.2, 0.25) is 0 Å². The van der Waals surface area contributed by atoms with Crippen LogP contribution in [-0.2, 0) is 9.47 Å². The van der Waals surface area contributed by atoms with Gasteiger partial charge in [0.05, 0.1) is 30.3 Å². The molecule has 7 heteroatoms. The molecule has 1 N–H and O–H groups in total. The molecule has 0 radical (unpaired) electrons. The Hall–Kier alpha value is -1.73. The third kappa shape index (κ3) is 2.15. The summed E-state index contributed by atoms with van der Waals surface area (Å²) in [4.78, 5) is 10.8. The fourth-order valence-corrected chi connectivity index (χ4v) is 2.64. The SMILES string of the molecule is COC[C@@H]1C[C@H](OC)CN1c1ncnc2[nH]ncc12. The van der Waals surface area contributed by atoms with E-state index >= 15 is 0 Å². The van der Waals surface area contributed by atoms with Gasteiger partial charge in [-0.05, 0) is 6.42 Å². The Morgan fingerprint density at radius 1 is 1.42 bits per heavy atom. The largest absolute Gasteiger partial charge is 0.383 e. The van der Waals surface area contributed by atoms with E-state index in [1.165, 1.54) is 0 Å². The Labute approximate surface area is 110 Å². The van der Waals surface area contributed by atoms with E-state index in [-0.39, 0.29) is 12.1 Å². The van der Waals surface area contributed by atoms with Gasteiger partial charge in [0.15, 0.2) is 5.65 Å². The van der Waals surface area contributed by atoms with Gasteiger partial charge in [0.1, 0.15) is 12.1 Å². The van der Waals surface area contributed by atoms with Crippen LogP contribution in [-0.4, -0.2) is 59.7 Å². The normalized spacial score (nSPS) is 23.4. The van der Waals surface area contributed by atoms with Gasteiger partial charge in [-0.3, -0.25) is 5.10 Å². The number of H-pyrrole nitrogens is 1. The van der Waals surface area contributed by atoms with Crippen molar-refractivity contribution in [3.63, 3.8) is 0 Å². The molecule has 1 aliphatic rings. The molecule has 0 aliphatic carbocycles. The minimum atomic E-state index is 0.206. The van der Waals surface area contributed by atoms with Crippen molar-refractivity contribution in [2.75, 3.05) is 32.3 Å². The lowest BCUT2D eigenvalue weighted by Crippen LogP contribution is -2.33. The number of aromatic amines is 1. The molecule has 2 aromatic rings. The van der Waals surface area contributed by atoms with Gasteiger partial charge in [0, 0.05) is 20.8 Å². The average Bonchev–Trinajstić information content (AvgIpc) is 3.04. The van der Waals surface area contributed by atoms with Crippen LogP contribution in [0.1, 0.15) is 6.42 Å². The number of hydrogen-bond donors (Lipinski definition) is 1. The van der Waals surface area contributed by atoms with E-state index in [0.717, 1.165) is 29.8 Å². The molecular formula is C12H17N5O2. The van der Waals surface area contributed by atoms with E-state index in [2.05, 4.69) is 25.1 Å². The Morgan fingerprint density at radius 3 is 3.11 bits per heavy atom. The molecule has 1 fully saturated rings. The minimum Gasteiger partial charge on any atom is -0.383 e. The number of fused-ring (bicyclic) bond motifs is 1. The van der Waals surface area contributed by atoms with Gasteiger partial charge in [-0.15, -0.1) is 0 Å². The third-order valence-corrected chi connectivity index (χ3v) is 3.57. The molecule has 3 heterocycles. The highest BCUT2D eigenvalue weighted by molar-refractivity contribution is 5.86. The predicted octanol–water partition coefficient (Wildman–Crippen LogP) is 0.593. The Bertz CT molecular complexity index is 558. The summed E-state index contributed by atoms with van der Waals surface area (Å²) in [5.74, 6) is 0.889. The van der Waals surface area contributed by atoms with E-state index in [9.17, 15) is 0 Å². The second-order valence-electron chi connectivity index (χ2n) is 4.68. The first kappa shape index (κ1) is 12.3. The standard InChI is InChI=1S/C12H17N5O2/c1-18-6-8-3-9(19-2)5-17(8)12-10-4-15-16-11(10)13-7-14-12/h4,7-9H,3,5-6H2,1-2H3,(H,13,14,15,16)/t8-,9-/m0/s1. The molecule has 0 aromatic carbocycles. The summed E-state index contributed by atoms with van der Waals surface area (Å²) in [6.07, 6.45) is 4.46. The van der Waals surface area contributed by atoms with Crippen molar-refractivity contribution < 1.29 is 9.47 Å². The summed E-state index contributed by atoms with van der Waals surface area (Å²) in [5, 5.41) is 7.82. The summed E-state index contributed by atoms with van der Waals surface area (Å²) in [6.45, 7) is 1.46. The molecule has 2 aromatic heterocycles. The van der Waals surface area contributed by atoms with Crippen molar-refractivity contribution >= 4 is 16.9 Å². The smallest absolute Gasteiger partial charge is 0.160 e. The fraction of sp³-hybridized carbons (Fsp3) is 0.583. The number of nitrogens with zero attached hydrogens (tertiary/aromatic N) is 4. The van der Waals surface area contributed by atoms with Crippen LogP contribution in [0.3, 0.4) is 0 Å². The van der Waals surface area contributed by atoms with Crippen molar-refractivity contribution in [2.24, 2.45) is 0 Å². The van der Waals surface area contributed by atoms with Crippen LogP contribution in [0.15, 0.2) is 12.5 Å². The fourth-order valence-electron chi connectivity index (χ4n) is 2.64. The number of hydrogen-bond acceptors (Lipinski definition) is 6.